The molecule has 1 aromatic heterocycles. The molecule has 0 saturated carbocycles. The molecule has 0 aliphatic carbocycles. The standard InChI is InChI=1S/C13H17N3O6/c1-2-3-4-10(13(19)20)14-11(17)8-15-7-9(16(21)22)5-6-12(15)18/h5-7,10H,2-4,8H2,1H3,(H,14,17)(H,19,20). The van der Waals surface area contributed by atoms with Crippen molar-refractivity contribution in [3.63, 3.8) is 0 Å². The molecule has 0 spiro atoms. The highest BCUT2D eigenvalue weighted by atomic mass is 16.6. The van der Waals surface area contributed by atoms with Crippen LogP contribution in [0, 0.1) is 10.1 Å². The molecule has 1 aromatic rings. The van der Waals surface area contributed by atoms with E-state index in [9.17, 15) is 24.5 Å². The van der Waals surface area contributed by atoms with Gasteiger partial charge in [-0.2, -0.15) is 0 Å². The average Bonchev–Trinajstić information content (AvgIpc) is 2.45. The first-order chi connectivity index (χ1) is 10.3. The van der Waals surface area contributed by atoms with Crippen LogP contribution in [0.3, 0.4) is 0 Å². The molecule has 22 heavy (non-hydrogen) atoms. The number of carbonyl (C=O) groups is 2. The Balaban J connectivity index is 2.79. The first-order valence-corrected chi connectivity index (χ1v) is 6.72. The number of carboxylic acid groups (broad SMARTS) is 1. The number of pyridine rings is 1. The number of hydrogen-bond donors (Lipinski definition) is 2. The summed E-state index contributed by atoms with van der Waals surface area (Å²) in [5.74, 6) is -1.85. The lowest BCUT2D eigenvalue weighted by atomic mass is 10.1. The van der Waals surface area contributed by atoms with E-state index in [2.05, 4.69) is 5.32 Å². The maximum atomic E-state index is 11.8. The predicted molar refractivity (Wildman–Crippen MR) is 76.4 cm³/mol. The molecule has 0 radical (unpaired) electrons. The molecule has 1 amide bonds. The smallest absolute Gasteiger partial charge is 0.326 e. The summed E-state index contributed by atoms with van der Waals surface area (Å²) in [7, 11) is 0. The lowest BCUT2D eigenvalue weighted by molar-refractivity contribution is -0.385. The maximum absolute atomic E-state index is 11.8. The fourth-order valence-electron chi connectivity index (χ4n) is 1.81. The Kier molecular flexibility index (Phi) is 6.24. The number of rotatable bonds is 8. The summed E-state index contributed by atoms with van der Waals surface area (Å²) in [6.07, 6.45) is 2.64. The Morgan fingerprint density at radius 2 is 2.14 bits per heavy atom. The Morgan fingerprint density at radius 3 is 2.68 bits per heavy atom. The van der Waals surface area contributed by atoms with Gasteiger partial charge in [0, 0.05) is 12.1 Å². The van der Waals surface area contributed by atoms with Crippen LogP contribution in [0.25, 0.3) is 0 Å². The largest absolute Gasteiger partial charge is 0.480 e. The first kappa shape index (κ1) is 17.3. The lowest BCUT2D eigenvalue weighted by Gasteiger charge is -2.14. The molecule has 9 nitrogen and oxygen atoms in total. The molecule has 2 N–H and O–H groups in total. The molecule has 0 aromatic carbocycles. The second-order valence-corrected chi connectivity index (χ2v) is 4.71. The molecule has 0 bridgehead atoms. The molecular weight excluding hydrogens is 294 g/mol. The van der Waals surface area contributed by atoms with Crippen molar-refractivity contribution in [3.05, 3.63) is 38.8 Å². The SMILES string of the molecule is CCCCC(NC(=O)Cn1cc([N+](=O)[O-])ccc1=O)C(=O)O. The van der Waals surface area contributed by atoms with E-state index in [1.165, 1.54) is 0 Å². The van der Waals surface area contributed by atoms with Gasteiger partial charge in [-0.25, -0.2) is 4.79 Å². The molecule has 0 aliphatic heterocycles. The highest BCUT2D eigenvalue weighted by Crippen LogP contribution is 2.06. The number of unbranched alkanes of at least 4 members (excludes halogenated alkanes) is 1. The van der Waals surface area contributed by atoms with Gasteiger partial charge in [0.2, 0.25) is 5.91 Å². The molecule has 0 aliphatic rings. The van der Waals surface area contributed by atoms with Crippen molar-refractivity contribution >= 4 is 17.6 Å². The van der Waals surface area contributed by atoms with E-state index in [0.29, 0.717) is 6.42 Å². The van der Waals surface area contributed by atoms with Gasteiger partial charge in [0.25, 0.3) is 11.2 Å². The fourth-order valence-corrected chi connectivity index (χ4v) is 1.81. The zero-order chi connectivity index (χ0) is 16.7. The average molecular weight is 311 g/mol. The second-order valence-electron chi connectivity index (χ2n) is 4.71. The number of carbonyl (C=O) groups excluding carboxylic acids is 1. The molecule has 0 saturated heterocycles. The van der Waals surface area contributed by atoms with E-state index in [1.807, 2.05) is 6.92 Å². The van der Waals surface area contributed by atoms with E-state index in [4.69, 9.17) is 5.11 Å². The number of nitrogens with zero attached hydrogens (tertiary/aromatic N) is 2. The molecule has 1 unspecified atom stereocenters. The molecule has 1 rings (SSSR count). The predicted octanol–water partition coefficient (Wildman–Crippen LogP) is 0.516. The summed E-state index contributed by atoms with van der Waals surface area (Å²) in [5, 5.41) is 22.0. The van der Waals surface area contributed by atoms with Gasteiger partial charge in [-0.05, 0) is 6.42 Å². The van der Waals surface area contributed by atoms with Crippen molar-refractivity contribution in [2.24, 2.45) is 0 Å². The van der Waals surface area contributed by atoms with Crippen LogP contribution >= 0.6 is 0 Å². The molecule has 1 heterocycles. The Labute approximate surface area is 125 Å². The summed E-state index contributed by atoms with van der Waals surface area (Å²) < 4.78 is 0.867. The van der Waals surface area contributed by atoms with Crippen LogP contribution in [-0.4, -0.2) is 32.5 Å². The zero-order valence-electron chi connectivity index (χ0n) is 12.0. The van der Waals surface area contributed by atoms with E-state index >= 15 is 0 Å². The lowest BCUT2D eigenvalue weighted by Crippen LogP contribution is -2.43. The van der Waals surface area contributed by atoms with Gasteiger partial charge in [0.05, 0.1) is 11.1 Å². The number of amides is 1. The molecule has 9 heteroatoms. The number of aliphatic carboxylic acids is 1. The van der Waals surface area contributed by atoms with Gasteiger partial charge in [-0.3, -0.25) is 24.3 Å². The quantitative estimate of drug-likeness (QED) is 0.531. The van der Waals surface area contributed by atoms with E-state index in [0.717, 1.165) is 29.3 Å². The maximum Gasteiger partial charge on any atom is 0.326 e. The van der Waals surface area contributed by atoms with Crippen LogP contribution in [0.5, 0.6) is 0 Å². The third-order valence-corrected chi connectivity index (χ3v) is 2.97. The molecular formula is C13H17N3O6. The van der Waals surface area contributed by atoms with Crippen LogP contribution in [-0.2, 0) is 16.1 Å². The van der Waals surface area contributed by atoms with Gasteiger partial charge < -0.3 is 10.4 Å². The fraction of sp³-hybridized carbons (Fsp3) is 0.462. The van der Waals surface area contributed by atoms with Crippen molar-refractivity contribution in [2.75, 3.05) is 0 Å². The summed E-state index contributed by atoms with van der Waals surface area (Å²) in [4.78, 5) is 44.4. The van der Waals surface area contributed by atoms with Gasteiger partial charge in [0.15, 0.2) is 0 Å². The molecule has 1 atom stereocenters. The number of hydrogen-bond acceptors (Lipinski definition) is 5. The normalized spacial score (nSPS) is 11.7. The molecule has 0 fully saturated rings. The Bertz CT molecular complexity index is 624. The van der Waals surface area contributed by atoms with Crippen LogP contribution in [0.1, 0.15) is 26.2 Å². The minimum Gasteiger partial charge on any atom is -0.480 e. The van der Waals surface area contributed by atoms with E-state index in [-0.39, 0.29) is 12.1 Å². The van der Waals surface area contributed by atoms with Crippen molar-refractivity contribution < 1.29 is 19.6 Å². The summed E-state index contributed by atoms with van der Waals surface area (Å²) in [6.45, 7) is 1.42. The molecule has 120 valence electrons. The topological polar surface area (TPSA) is 132 Å². The van der Waals surface area contributed by atoms with Gasteiger partial charge in [-0.15, -0.1) is 0 Å². The number of aromatic nitrogens is 1. The van der Waals surface area contributed by atoms with Crippen molar-refractivity contribution in [3.8, 4) is 0 Å². The van der Waals surface area contributed by atoms with E-state index in [1.54, 1.807) is 0 Å². The van der Waals surface area contributed by atoms with Gasteiger partial charge in [0.1, 0.15) is 12.6 Å². The van der Waals surface area contributed by atoms with Crippen LogP contribution < -0.4 is 10.9 Å². The minimum atomic E-state index is -1.16. The third-order valence-electron chi connectivity index (χ3n) is 2.97. The van der Waals surface area contributed by atoms with Gasteiger partial charge in [-0.1, -0.05) is 19.8 Å². The van der Waals surface area contributed by atoms with Crippen LogP contribution in [0.4, 0.5) is 5.69 Å². The number of nitro groups is 1. The zero-order valence-corrected chi connectivity index (χ0v) is 12.0. The first-order valence-electron chi connectivity index (χ1n) is 6.72. The summed E-state index contributed by atoms with van der Waals surface area (Å²) in [6, 6.07) is 0.983. The number of nitrogens with one attached hydrogen (secondary N) is 1. The monoisotopic (exact) mass is 311 g/mol. The Hall–Kier alpha value is -2.71. The third kappa shape index (κ3) is 5.00. The Morgan fingerprint density at radius 1 is 1.45 bits per heavy atom. The van der Waals surface area contributed by atoms with Crippen molar-refractivity contribution in [1.29, 1.82) is 0 Å². The minimum absolute atomic E-state index is 0.279. The van der Waals surface area contributed by atoms with Gasteiger partial charge >= 0.3 is 5.97 Å². The van der Waals surface area contributed by atoms with Crippen molar-refractivity contribution in [2.45, 2.75) is 38.8 Å². The number of carboxylic acids is 1. The van der Waals surface area contributed by atoms with Crippen LogP contribution in [0.15, 0.2) is 23.1 Å². The summed E-state index contributed by atoms with van der Waals surface area (Å²) in [5.41, 5.74) is -0.908. The van der Waals surface area contributed by atoms with Crippen molar-refractivity contribution in [1.82, 2.24) is 9.88 Å². The van der Waals surface area contributed by atoms with E-state index < -0.39 is 34.9 Å². The second kappa shape index (κ2) is 7.91. The van der Waals surface area contributed by atoms with Crippen LogP contribution in [0.2, 0.25) is 0 Å². The highest BCUT2D eigenvalue weighted by Gasteiger charge is 2.20. The summed E-state index contributed by atoms with van der Waals surface area (Å²) >= 11 is 0. The highest BCUT2D eigenvalue weighted by molar-refractivity contribution is 5.83.